The lowest BCUT2D eigenvalue weighted by molar-refractivity contribution is 0.0690. The summed E-state index contributed by atoms with van der Waals surface area (Å²) in [5.41, 5.74) is 0.754. The van der Waals surface area contributed by atoms with Crippen LogP contribution in [0.1, 0.15) is 0 Å². The number of halogens is 2. The van der Waals surface area contributed by atoms with Gasteiger partial charge in [-0.25, -0.2) is 9.37 Å². The summed E-state index contributed by atoms with van der Waals surface area (Å²) in [5, 5.41) is 14.7. The second-order valence-corrected chi connectivity index (χ2v) is 9.59. The van der Waals surface area contributed by atoms with Crippen molar-refractivity contribution < 1.29 is 18.8 Å². The third kappa shape index (κ3) is 4.93. The molecule has 2 aliphatic rings. The first kappa shape index (κ1) is 22.4. The van der Waals surface area contributed by atoms with Gasteiger partial charge < -0.3 is 25.0 Å². The summed E-state index contributed by atoms with van der Waals surface area (Å²) in [6.07, 6.45) is 4.49. The van der Waals surface area contributed by atoms with Crippen molar-refractivity contribution in [1.82, 2.24) is 24.8 Å². The molecule has 5 unspecified atom stereocenters. The molecule has 4 heterocycles. The van der Waals surface area contributed by atoms with Gasteiger partial charge in [0.25, 0.3) is 0 Å². The van der Waals surface area contributed by atoms with Crippen molar-refractivity contribution in [2.24, 2.45) is 7.05 Å². The summed E-state index contributed by atoms with van der Waals surface area (Å²) in [7, 11) is 0.149. The van der Waals surface area contributed by atoms with Gasteiger partial charge in [0.2, 0.25) is 5.95 Å². The van der Waals surface area contributed by atoms with Crippen LogP contribution in [-0.2, 0) is 16.5 Å². The SMILES string of the molecule is Cn1cc(Nc2ncc(Cl)c(NC3COC4C(NP(O)c5ccc(F)cc5)COC34)n2)cn1. The molecule has 0 spiro atoms. The van der Waals surface area contributed by atoms with Gasteiger partial charge in [0.05, 0.1) is 43.4 Å². The van der Waals surface area contributed by atoms with Gasteiger partial charge in [0, 0.05) is 18.5 Å². The molecule has 174 valence electrons. The Morgan fingerprint density at radius 1 is 1.15 bits per heavy atom. The van der Waals surface area contributed by atoms with Crippen LogP contribution in [0.15, 0.2) is 42.9 Å². The van der Waals surface area contributed by atoms with E-state index in [1.165, 1.54) is 18.3 Å². The van der Waals surface area contributed by atoms with Crippen molar-refractivity contribution in [1.29, 1.82) is 0 Å². The minimum absolute atomic E-state index is 0.184. The molecule has 10 nitrogen and oxygen atoms in total. The van der Waals surface area contributed by atoms with Crippen molar-refractivity contribution in [3.63, 3.8) is 0 Å². The van der Waals surface area contributed by atoms with E-state index in [4.69, 9.17) is 21.1 Å². The Balaban J connectivity index is 1.22. The van der Waals surface area contributed by atoms with Crippen LogP contribution in [0.25, 0.3) is 0 Å². The maximum absolute atomic E-state index is 13.1. The number of fused-ring (bicyclic) bond motifs is 1. The van der Waals surface area contributed by atoms with Crippen LogP contribution in [-0.4, -0.2) is 62.1 Å². The number of ether oxygens (including phenoxy) is 2. The first-order valence-electron chi connectivity index (χ1n) is 10.2. The van der Waals surface area contributed by atoms with Crippen LogP contribution in [0, 0.1) is 5.82 Å². The predicted molar refractivity (Wildman–Crippen MR) is 123 cm³/mol. The summed E-state index contributed by atoms with van der Waals surface area (Å²) in [4.78, 5) is 19.2. The highest BCUT2D eigenvalue weighted by Gasteiger charge is 2.48. The monoisotopic (exact) mass is 493 g/mol. The van der Waals surface area contributed by atoms with Crippen molar-refractivity contribution >= 4 is 42.7 Å². The molecule has 2 fully saturated rings. The molecule has 0 amide bonds. The van der Waals surface area contributed by atoms with Gasteiger partial charge in [0.15, 0.2) is 5.82 Å². The van der Waals surface area contributed by atoms with Crippen molar-refractivity contribution in [3.8, 4) is 0 Å². The predicted octanol–water partition coefficient (Wildman–Crippen LogP) is 1.91. The summed E-state index contributed by atoms with van der Waals surface area (Å²) >= 11 is 6.32. The maximum Gasteiger partial charge on any atom is 0.229 e. The molecule has 4 N–H and O–H groups in total. The van der Waals surface area contributed by atoms with Crippen LogP contribution in [0.3, 0.4) is 0 Å². The highest BCUT2D eigenvalue weighted by atomic mass is 35.5. The molecule has 2 aliphatic heterocycles. The molecule has 0 radical (unpaired) electrons. The summed E-state index contributed by atoms with van der Waals surface area (Å²) in [6, 6.07) is 5.39. The van der Waals surface area contributed by atoms with Gasteiger partial charge in [-0.1, -0.05) is 11.6 Å². The number of nitrogens with one attached hydrogen (secondary N) is 3. The molecule has 3 aromatic rings. The van der Waals surface area contributed by atoms with Crippen LogP contribution in [0.2, 0.25) is 5.02 Å². The first-order chi connectivity index (χ1) is 16.0. The minimum atomic E-state index is -1.67. The molecule has 13 heteroatoms. The van der Waals surface area contributed by atoms with E-state index in [2.05, 4.69) is 30.8 Å². The van der Waals surface area contributed by atoms with E-state index in [1.54, 1.807) is 23.0 Å². The molecule has 0 bridgehead atoms. The van der Waals surface area contributed by atoms with Crippen molar-refractivity contribution in [2.75, 3.05) is 23.8 Å². The van der Waals surface area contributed by atoms with Crippen molar-refractivity contribution in [2.45, 2.75) is 24.3 Å². The van der Waals surface area contributed by atoms with E-state index in [-0.39, 0.29) is 30.1 Å². The van der Waals surface area contributed by atoms with E-state index < -0.39 is 8.30 Å². The maximum atomic E-state index is 13.1. The number of rotatable bonds is 7. The number of hydrogen-bond acceptors (Lipinski definition) is 9. The average molecular weight is 494 g/mol. The zero-order valence-electron chi connectivity index (χ0n) is 17.5. The first-order valence-corrected chi connectivity index (χ1v) is 11.9. The lowest BCUT2D eigenvalue weighted by Crippen LogP contribution is -2.41. The zero-order chi connectivity index (χ0) is 22.9. The van der Waals surface area contributed by atoms with Gasteiger partial charge in [-0.3, -0.25) is 9.77 Å². The lowest BCUT2D eigenvalue weighted by Gasteiger charge is -2.21. The molecule has 2 aromatic heterocycles. The highest BCUT2D eigenvalue weighted by molar-refractivity contribution is 7.57. The number of aryl methyl sites for hydroxylation is 1. The van der Waals surface area contributed by atoms with Crippen molar-refractivity contribution in [3.05, 3.63) is 53.7 Å². The van der Waals surface area contributed by atoms with Crippen LogP contribution >= 0.6 is 19.9 Å². The van der Waals surface area contributed by atoms with E-state index in [0.717, 1.165) is 5.69 Å². The second-order valence-electron chi connectivity index (χ2n) is 7.79. The number of nitrogens with zero attached hydrogens (tertiary/aromatic N) is 4. The summed E-state index contributed by atoms with van der Waals surface area (Å²) in [6.45, 7) is 0.762. The highest BCUT2D eigenvalue weighted by Crippen LogP contribution is 2.34. The third-order valence-electron chi connectivity index (χ3n) is 5.44. The van der Waals surface area contributed by atoms with E-state index in [0.29, 0.717) is 35.3 Å². The molecule has 0 aliphatic carbocycles. The molecule has 5 rings (SSSR count). The second kappa shape index (κ2) is 9.46. The number of anilines is 3. The Morgan fingerprint density at radius 2 is 1.88 bits per heavy atom. The fourth-order valence-corrected chi connectivity index (χ4v) is 5.13. The van der Waals surface area contributed by atoms with Gasteiger partial charge >= 0.3 is 0 Å². The Hall–Kier alpha value is -2.40. The molecule has 33 heavy (non-hydrogen) atoms. The van der Waals surface area contributed by atoms with Crippen LogP contribution in [0.5, 0.6) is 0 Å². The largest absolute Gasteiger partial charge is 0.371 e. The van der Waals surface area contributed by atoms with E-state index in [9.17, 15) is 9.28 Å². The standard InChI is InChI=1S/C20H22ClFN7O3P/c1-29-8-12(6-24-29)25-20-23-7-14(21)19(27-20)26-15-9-31-18-16(10-32-17(15)18)28-33(30)13-4-2-11(22)3-5-13/h2-8,15-18,28,30H,9-10H2,1H3,(H2,23,25,26,27). The lowest BCUT2D eigenvalue weighted by atomic mass is 10.1. The summed E-state index contributed by atoms with van der Waals surface area (Å²) in [5.74, 6) is 0.493. The number of aromatic nitrogens is 4. The fourth-order valence-electron chi connectivity index (χ4n) is 3.87. The zero-order valence-corrected chi connectivity index (χ0v) is 19.2. The van der Waals surface area contributed by atoms with E-state index >= 15 is 0 Å². The quantitative estimate of drug-likeness (QED) is 0.366. The Kier molecular flexibility index (Phi) is 6.42. The molecule has 5 atom stereocenters. The Bertz CT molecular complexity index is 1120. The molecular formula is C20H22ClFN7O3P. The van der Waals surface area contributed by atoms with Gasteiger partial charge in [-0.2, -0.15) is 10.1 Å². The molecule has 1 aromatic carbocycles. The molecular weight excluding hydrogens is 472 g/mol. The van der Waals surface area contributed by atoms with Gasteiger partial charge in [-0.15, -0.1) is 0 Å². The smallest absolute Gasteiger partial charge is 0.229 e. The Morgan fingerprint density at radius 3 is 2.61 bits per heavy atom. The Labute approximate surface area is 195 Å². The topological polar surface area (TPSA) is 118 Å². The molecule has 2 saturated heterocycles. The van der Waals surface area contributed by atoms with Crippen LogP contribution < -0.4 is 21.0 Å². The van der Waals surface area contributed by atoms with E-state index in [1.807, 2.05) is 13.2 Å². The number of hydrogen-bond donors (Lipinski definition) is 4. The minimum Gasteiger partial charge on any atom is -0.371 e. The summed E-state index contributed by atoms with van der Waals surface area (Å²) < 4.78 is 26.8. The molecule has 0 saturated carbocycles. The fraction of sp³-hybridized carbons (Fsp3) is 0.350. The normalized spacial score (nSPS) is 25.1. The van der Waals surface area contributed by atoms with Crippen LogP contribution in [0.4, 0.5) is 21.8 Å². The average Bonchev–Trinajstić information content (AvgIpc) is 3.50. The number of benzene rings is 1. The van der Waals surface area contributed by atoms with Gasteiger partial charge in [0.1, 0.15) is 31.3 Å². The third-order valence-corrected chi connectivity index (χ3v) is 7.08. The van der Waals surface area contributed by atoms with Gasteiger partial charge in [-0.05, 0) is 24.3 Å².